The molecule has 2 aliphatic rings. The highest BCUT2D eigenvalue weighted by atomic mass is 19.1. The molecule has 1 aromatic rings. The number of imide groups is 1. The predicted octanol–water partition coefficient (Wildman–Crippen LogP) is 1.72. The van der Waals surface area contributed by atoms with Gasteiger partial charge in [-0.2, -0.15) is 0 Å². The smallest absolute Gasteiger partial charge is 0.244 e. The Kier molecular flexibility index (Phi) is 3.75. The van der Waals surface area contributed by atoms with Gasteiger partial charge in [0.25, 0.3) is 0 Å². The Morgan fingerprint density at radius 1 is 1.18 bits per heavy atom. The van der Waals surface area contributed by atoms with Crippen LogP contribution >= 0.6 is 0 Å². The predicted molar refractivity (Wildman–Crippen MR) is 77.1 cm³/mol. The van der Waals surface area contributed by atoms with Crippen molar-refractivity contribution in [3.8, 4) is 0 Å². The highest BCUT2D eigenvalue weighted by Crippen LogP contribution is 2.34. The number of likely N-dealkylation sites (tertiary alicyclic amines) is 1. The van der Waals surface area contributed by atoms with Crippen LogP contribution in [0.3, 0.4) is 0 Å². The SMILES string of the molecule is O=C(CN1C(=O)[C@@H]2CC=CC[C@H]2C1=O)Nc1cccc(F)c1. The number of hydrogen-bond acceptors (Lipinski definition) is 3. The molecule has 0 bridgehead atoms. The molecule has 3 rings (SSSR count). The van der Waals surface area contributed by atoms with Gasteiger partial charge in [0.1, 0.15) is 12.4 Å². The van der Waals surface area contributed by atoms with Crippen LogP contribution in [0.2, 0.25) is 0 Å². The van der Waals surface area contributed by atoms with Gasteiger partial charge in [-0.3, -0.25) is 19.3 Å². The van der Waals surface area contributed by atoms with Crippen LogP contribution in [-0.4, -0.2) is 29.2 Å². The number of benzene rings is 1. The molecular formula is C16H15FN2O3. The number of nitrogens with zero attached hydrogens (tertiary/aromatic N) is 1. The summed E-state index contributed by atoms with van der Waals surface area (Å²) in [6.07, 6.45) is 4.86. The zero-order valence-corrected chi connectivity index (χ0v) is 11.8. The number of carbonyl (C=O) groups excluding carboxylic acids is 3. The Morgan fingerprint density at radius 2 is 1.82 bits per heavy atom. The highest BCUT2D eigenvalue weighted by Gasteiger charge is 2.47. The summed E-state index contributed by atoms with van der Waals surface area (Å²) in [5.74, 6) is -2.27. The second-order valence-corrected chi connectivity index (χ2v) is 5.48. The minimum absolute atomic E-state index is 0.295. The summed E-state index contributed by atoms with van der Waals surface area (Å²) in [7, 11) is 0. The molecular weight excluding hydrogens is 287 g/mol. The molecule has 2 atom stereocenters. The molecule has 0 radical (unpaired) electrons. The van der Waals surface area contributed by atoms with Crippen molar-refractivity contribution in [2.75, 3.05) is 11.9 Å². The minimum Gasteiger partial charge on any atom is -0.324 e. The van der Waals surface area contributed by atoms with Crippen LogP contribution < -0.4 is 5.32 Å². The molecule has 22 heavy (non-hydrogen) atoms. The fourth-order valence-electron chi connectivity index (χ4n) is 2.94. The Balaban J connectivity index is 1.67. The lowest BCUT2D eigenvalue weighted by atomic mass is 9.85. The second kappa shape index (κ2) is 5.71. The standard InChI is InChI=1S/C16H15FN2O3/c17-10-4-3-5-11(8-10)18-14(20)9-19-15(21)12-6-1-2-7-13(12)16(19)22/h1-5,8,12-13H,6-7,9H2,(H,18,20)/t12-,13-/m1/s1. The van der Waals surface area contributed by atoms with Crippen molar-refractivity contribution in [1.82, 2.24) is 4.90 Å². The first-order chi connectivity index (χ1) is 10.6. The fraction of sp³-hybridized carbons (Fsp3) is 0.312. The Morgan fingerprint density at radius 3 is 2.41 bits per heavy atom. The summed E-state index contributed by atoms with van der Waals surface area (Å²) in [4.78, 5) is 37.4. The van der Waals surface area contributed by atoms with Gasteiger partial charge < -0.3 is 5.32 Å². The number of rotatable bonds is 3. The lowest BCUT2D eigenvalue weighted by molar-refractivity contribution is -0.142. The fourth-order valence-corrected chi connectivity index (χ4v) is 2.94. The normalized spacial score (nSPS) is 23.6. The first-order valence-electron chi connectivity index (χ1n) is 7.12. The van der Waals surface area contributed by atoms with Crippen LogP contribution in [0.25, 0.3) is 0 Å². The highest BCUT2D eigenvalue weighted by molar-refractivity contribution is 6.08. The van der Waals surface area contributed by atoms with E-state index < -0.39 is 11.7 Å². The van der Waals surface area contributed by atoms with Gasteiger partial charge in [-0.05, 0) is 31.0 Å². The third kappa shape index (κ3) is 2.64. The molecule has 1 heterocycles. The molecule has 6 heteroatoms. The van der Waals surface area contributed by atoms with Crippen LogP contribution in [0, 0.1) is 17.7 Å². The molecule has 0 saturated carbocycles. The lowest BCUT2D eigenvalue weighted by Gasteiger charge is -2.14. The molecule has 1 fully saturated rings. The molecule has 0 aromatic heterocycles. The summed E-state index contributed by atoms with van der Waals surface area (Å²) in [6.45, 7) is -0.332. The van der Waals surface area contributed by atoms with E-state index in [0.717, 1.165) is 4.90 Å². The maximum Gasteiger partial charge on any atom is 0.244 e. The third-order valence-electron chi connectivity index (χ3n) is 4.01. The lowest BCUT2D eigenvalue weighted by Crippen LogP contribution is -2.38. The van der Waals surface area contributed by atoms with Crippen molar-refractivity contribution in [2.45, 2.75) is 12.8 Å². The van der Waals surface area contributed by atoms with Crippen LogP contribution in [0.5, 0.6) is 0 Å². The third-order valence-corrected chi connectivity index (χ3v) is 4.01. The van der Waals surface area contributed by atoms with Crippen molar-refractivity contribution >= 4 is 23.4 Å². The van der Waals surface area contributed by atoms with E-state index in [1.165, 1.54) is 24.3 Å². The largest absolute Gasteiger partial charge is 0.324 e. The molecule has 1 saturated heterocycles. The van der Waals surface area contributed by atoms with Gasteiger partial charge in [-0.15, -0.1) is 0 Å². The summed E-state index contributed by atoms with van der Waals surface area (Å²) < 4.78 is 13.1. The number of anilines is 1. The van der Waals surface area contributed by atoms with Crippen LogP contribution in [-0.2, 0) is 14.4 Å². The van der Waals surface area contributed by atoms with Gasteiger partial charge in [-0.1, -0.05) is 18.2 Å². The number of nitrogens with one attached hydrogen (secondary N) is 1. The van der Waals surface area contributed by atoms with Gasteiger partial charge in [0, 0.05) is 5.69 Å². The van der Waals surface area contributed by atoms with Gasteiger partial charge in [0.2, 0.25) is 17.7 Å². The van der Waals surface area contributed by atoms with Crippen molar-refractivity contribution in [3.05, 3.63) is 42.2 Å². The minimum atomic E-state index is -0.515. The molecule has 114 valence electrons. The van der Waals surface area contributed by atoms with E-state index in [4.69, 9.17) is 0 Å². The molecule has 1 N–H and O–H groups in total. The van der Waals surface area contributed by atoms with Crippen molar-refractivity contribution < 1.29 is 18.8 Å². The number of hydrogen-bond donors (Lipinski definition) is 1. The van der Waals surface area contributed by atoms with E-state index in [0.29, 0.717) is 18.5 Å². The molecule has 5 nitrogen and oxygen atoms in total. The van der Waals surface area contributed by atoms with Gasteiger partial charge in [0.05, 0.1) is 11.8 Å². The molecule has 0 spiro atoms. The molecule has 1 aliphatic heterocycles. The first kappa shape index (κ1) is 14.4. The number of halogens is 1. The van der Waals surface area contributed by atoms with E-state index in [9.17, 15) is 18.8 Å². The van der Waals surface area contributed by atoms with E-state index in [1.807, 2.05) is 12.2 Å². The van der Waals surface area contributed by atoms with E-state index >= 15 is 0 Å². The van der Waals surface area contributed by atoms with E-state index in [1.54, 1.807) is 0 Å². The summed E-state index contributed by atoms with van der Waals surface area (Å²) in [5, 5.41) is 2.49. The Hall–Kier alpha value is -2.50. The second-order valence-electron chi connectivity index (χ2n) is 5.48. The molecule has 1 aromatic carbocycles. The number of allylic oxidation sites excluding steroid dienone is 2. The number of amides is 3. The van der Waals surface area contributed by atoms with Gasteiger partial charge in [-0.25, -0.2) is 4.39 Å². The van der Waals surface area contributed by atoms with Gasteiger partial charge >= 0.3 is 0 Å². The Bertz CT molecular complexity index is 645. The Labute approximate surface area is 126 Å². The maximum atomic E-state index is 13.1. The monoisotopic (exact) mass is 302 g/mol. The number of carbonyl (C=O) groups is 3. The molecule has 0 unspecified atom stereocenters. The van der Waals surface area contributed by atoms with Crippen LogP contribution in [0.1, 0.15) is 12.8 Å². The topological polar surface area (TPSA) is 66.5 Å². The summed E-state index contributed by atoms with van der Waals surface area (Å²) in [6, 6.07) is 5.45. The first-order valence-corrected chi connectivity index (χ1v) is 7.12. The zero-order valence-electron chi connectivity index (χ0n) is 11.8. The van der Waals surface area contributed by atoms with Crippen molar-refractivity contribution in [3.63, 3.8) is 0 Å². The number of fused-ring (bicyclic) bond motifs is 1. The maximum absolute atomic E-state index is 13.1. The van der Waals surface area contributed by atoms with Crippen LogP contribution in [0.4, 0.5) is 10.1 Å². The zero-order chi connectivity index (χ0) is 15.7. The van der Waals surface area contributed by atoms with Crippen molar-refractivity contribution in [2.24, 2.45) is 11.8 Å². The summed E-state index contributed by atoms with van der Waals surface area (Å²) >= 11 is 0. The molecule has 1 aliphatic carbocycles. The molecule has 3 amide bonds. The average Bonchev–Trinajstić information content (AvgIpc) is 2.73. The quantitative estimate of drug-likeness (QED) is 0.683. The average molecular weight is 302 g/mol. The van der Waals surface area contributed by atoms with Crippen molar-refractivity contribution in [1.29, 1.82) is 0 Å². The van der Waals surface area contributed by atoms with E-state index in [2.05, 4.69) is 5.32 Å². The van der Waals surface area contributed by atoms with Gasteiger partial charge in [0.15, 0.2) is 0 Å². The van der Waals surface area contributed by atoms with Crippen LogP contribution in [0.15, 0.2) is 36.4 Å². The van der Waals surface area contributed by atoms with E-state index in [-0.39, 0.29) is 30.2 Å². The summed E-state index contributed by atoms with van der Waals surface area (Å²) in [5.41, 5.74) is 0.295.